The quantitative estimate of drug-likeness (QED) is 0.165. The van der Waals surface area contributed by atoms with Crippen molar-refractivity contribution in [2.45, 2.75) is 199 Å². The zero-order valence-corrected chi connectivity index (χ0v) is 37.3. The van der Waals surface area contributed by atoms with Crippen molar-refractivity contribution in [2.24, 2.45) is 0 Å². The van der Waals surface area contributed by atoms with Crippen molar-refractivity contribution < 1.29 is 32.0 Å². The first-order valence-electron chi connectivity index (χ1n) is 17.3. The Bertz CT molecular complexity index is 1080. The van der Waals surface area contributed by atoms with Gasteiger partial charge in [0.25, 0.3) is 0 Å². The third-order valence-electron chi connectivity index (χ3n) is 12.1. The zero-order chi connectivity index (χ0) is 36.3. The molecule has 0 aromatic heterocycles. The van der Waals surface area contributed by atoms with Gasteiger partial charge in [0, 0.05) is 12.8 Å². The van der Waals surface area contributed by atoms with Crippen LogP contribution in [0.4, 0.5) is 0 Å². The van der Waals surface area contributed by atoms with Crippen LogP contribution in [0.5, 0.6) is 0 Å². The van der Waals surface area contributed by atoms with Crippen LogP contribution in [0.1, 0.15) is 95.9 Å². The molecule has 0 radical (unpaired) electrons. The summed E-state index contributed by atoms with van der Waals surface area (Å²) in [5.74, 6) is -0.449. The van der Waals surface area contributed by atoms with Gasteiger partial charge in [0.05, 0.1) is 6.61 Å². The van der Waals surface area contributed by atoms with E-state index in [1.807, 2.05) is 0 Å². The predicted molar refractivity (Wildman–Crippen MR) is 199 cm³/mol. The molecule has 0 unspecified atom stereocenters. The predicted octanol–water partition coefficient (Wildman–Crippen LogP) is 9.05. The number of amides is 2. The molecule has 2 rings (SSSR count). The summed E-state index contributed by atoms with van der Waals surface area (Å²) >= 11 is 0. The van der Waals surface area contributed by atoms with Crippen LogP contribution in [0, 0.1) is 0 Å². The number of nitrogens with zero attached hydrogens (tertiary/aromatic N) is 1. The average Bonchev–Trinajstić information content (AvgIpc) is 3.15. The molecule has 270 valence electrons. The molecule has 5 atom stereocenters. The first kappa shape index (κ1) is 42.0. The van der Waals surface area contributed by atoms with Gasteiger partial charge in [-0.15, -0.1) is 0 Å². The first-order valence-corrected chi connectivity index (χ1v) is 29.0. The van der Waals surface area contributed by atoms with Crippen molar-refractivity contribution in [3.63, 3.8) is 0 Å². The van der Waals surface area contributed by atoms with Gasteiger partial charge in [0.1, 0.15) is 24.4 Å². The highest BCUT2D eigenvalue weighted by molar-refractivity contribution is 6.75. The summed E-state index contributed by atoms with van der Waals surface area (Å²) in [6.45, 7) is 44.9. The molecule has 2 saturated heterocycles. The van der Waals surface area contributed by atoms with Crippen molar-refractivity contribution in [1.82, 2.24) is 4.90 Å². The summed E-state index contributed by atoms with van der Waals surface area (Å²) in [6.07, 6.45) is -2.94. The number of carbonyl (C=O) groups excluding carboxylic acids is 2. The Kier molecular flexibility index (Phi) is 12.3. The molecule has 0 aromatic carbocycles. The van der Waals surface area contributed by atoms with Crippen LogP contribution in [-0.2, 0) is 32.0 Å². The summed E-state index contributed by atoms with van der Waals surface area (Å²) in [7, 11) is -9.52. The summed E-state index contributed by atoms with van der Waals surface area (Å²) in [4.78, 5) is 28.2. The summed E-state index contributed by atoms with van der Waals surface area (Å²) in [6, 6.07) is 0. The molecule has 0 spiro atoms. The number of ether oxygens (including phenoxy) is 1. The topological polar surface area (TPSA) is 83.5 Å². The third kappa shape index (κ3) is 9.12. The third-order valence-corrected chi connectivity index (χ3v) is 30.0. The van der Waals surface area contributed by atoms with Gasteiger partial charge in [-0.1, -0.05) is 83.1 Å². The fourth-order valence-corrected chi connectivity index (χ4v) is 9.50. The molecule has 0 saturated carbocycles. The number of hydrogen-bond acceptors (Lipinski definition) is 7. The van der Waals surface area contributed by atoms with Crippen LogP contribution in [0.2, 0.25) is 72.5 Å². The van der Waals surface area contributed by atoms with E-state index < -0.39 is 63.9 Å². The van der Waals surface area contributed by atoms with Crippen molar-refractivity contribution >= 4 is 45.1 Å². The van der Waals surface area contributed by atoms with Crippen LogP contribution in [0.3, 0.4) is 0 Å². The van der Waals surface area contributed by atoms with E-state index in [9.17, 15) is 9.59 Å². The molecular formula is C34H71NO7Si4. The second-order valence-electron chi connectivity index (χ2n) is 19.8. The molecule has 2 aliphatic rings. The molecule has 0 aromatic rings. The Morgan fingerprint density at radius 3 is 1.24 bits per heavy atom. The van der Waals surface area contributed by atoms with Crippen LogP contribution in [0.25, 0.3) is 0 Å². The molecule has 46 heavy (non-hydrogen) atoms. The molecule has 0 bridgehead atoms. The van der Waals surface area contributed by atoms with E-state index in [0.717, 1.165) is 0 Å². The SMILES string of the molecule is CC(C)(C)[Si](C)(C)OC[C@H]1O[C@H](N2C(=O)CCC2=O)[C@@H](O[Si](C)(C)C(C)(C)C)[C@@H](O[Si](C)(C)C(C)(C)C)[C@@H]1O[Si](C)(C)C(C)(C)C. The molecule has 2 aliphatic heterocycles. The smallest absolute Gasteiger partial charge is 0.231 e. The molecule has 12 heteroatoms. The van der Waals surface area contributed by atoms with Gasteiger partial charge in [-0.3, -0.25) is 14.5 Å². The maximum atomic E-state index is 13.4. The van der Waals surface area contributed by atoms with Crippen LogP contribution < -0.4 is 0 Å². The van der Waals surface area contributed by atoms with Crippen molar-refractivity contribution in [3.8, 4) is 0 Å². The van der Waals surface area contributed by atoms with Crippen LogP contribution in [-0.4, -0.2) is 87.2 Å². The van der Waals surface area contributed by atoms with E-state index in [0.29, 0.717) is 0 Å². The second-order valence-corrected chi connectivity index (χ2v) is 38.9. The van der Waals surface area contributed by atoms with Crippen molar-refractivity contribution in [1.29, 1.82) is 0 Å². The number of carbonyl (C=O) groups is 2. The Labute approximate surface area is 286 Å². The molecule has 8 nitrogen and oxygen atoms in total. The van der Waals surface area contributed by atoms with Crippen molar-refractivity contribution in [2.75, 3.05) is 6.61 Å². The minimum absolute atomic E-state index is 0.0112. The van der Waals surface area contributed by atoms with E-state index in [4.69, 9.17) is 22.4 Å². The summed E-state index contributed by atoms with van der Waals surface area (Å²) in [5, 5.41) is -0.317. The minimum Gasteiger partial charge on any atom is -0.414 e. The standard InChI is InChI=1S/C34H71NO7Si4/c1-31(2,3)43(13,14)38-23-24-27(40-44(15,16)32(4,5)6)28(41-45(17,18)33(7,8)9)29(42-46(19,20)34(10,11)12)30(39-24)35-25(36)21-22-26(35)37/h24,27-30H,21-23H2,1-20H3/t24-,27-,28+,29+,30+/m1/s1. The maximum Gasteiger partial charge on any atom is 0.231 e. The lowest BCUT2D eigenvalue weighted by Gasteiger charge is -2.56. The van der Waals surface area contributed by atoms with E-state index in [2.05, 4.69) is 135 Å². The molecular weight excluding hydrogens is 647 g/mol. The number of rotatable bonds is 10. The second kappa shape index (κ2) is 13.5. The average molecular weight is 718 g/mol. The van der Waals surface area contributed by atoms with E-state index in [1.165, 1.54) is 4.90 Å². The van der Waals surface area contributed by atoms with Crippen molar-refractivity contribution in [3.05, 3.63) is 0 Å². The zero-order valence-electron chi connectivity index (χ0n) is 33.3. The van der Waals surface area contributed by atoms with Gasteiger partial charge in [0.15, 0.2) is 39.5 Å². The fourth-order valence-electron chi connectivity index (χ4n) is 4.57. The highest BCUT2D eigenvalue weighted by Crippen LogP contribution is 2.47. The highest BCUT2D eigenvalue weighted by atomic mass is 28.4. The van der Waals surface area contributed by atoms with Gasteiger partial charge < -0.3 is 22.4 Å². The fraction of sp³-hybridized carbons (Fsp3) is 0.941. The largest absolute Gasteiger partial charge is 0.414 e. The van der Waals surface area contributed by atoms with Gasteiger partial charge in [0.2, 0.25) is 11.8 Å². The van der Waals surface area contributed by atoms with E-state index in [-0.39, 0.29) is 51.4 Å². The van der Waals surface area contributed by atoms with Gasteiger partial charge in [-0.25, -0.2) is 0 Å². The number of imide groups is 1. The highest BCUT2D eigenvalue weighted by Gasteiger charge is 2.59. The van der Waals surface area contributed by atoms with Gasteiger partial charge in [-0.05, 0) is 72.5 Å². The normalized spacial score (nSPS) is 26.7. The monoisotopic (exact) mass is 717 g/mol. The summed E-state index contributed by atoms with van der Waals surface area (Å²) in [5.41, 5.74) is 0. The van der Waals surface area contributed by atoms with Gasteiger partial charge in [-0.2, -0.15) is 0 Å². The van der Waals surface area contributed by atoms with Crippen LogP contribution in [0.15, 0.2) is 0 Å². The molecule has 0 N–H and O–H groups in total. The van der Waals surface area contributed by atoms with E-state index in [1.54, 1.807) is 0 Å². The molecule has 2 fully saturated rings. The van der Waals surface area contributed by atoms with E-state index >= 15 is 0 Å². The Balaban J connectivity index is 2.90. The lowest BCUT2D eigenvalue weighted by atomic mass is 9.98. The number of hydrogen-bond donors (Lipinski definition) is 0. The Morgan fingerprint density at radius 2 is 0.891 bits per heavy atom. The molecule has 2 amide bonds. The Morgan fingerprint density at radius 1 is 0.565 bits per heavy atom. The Hall–Kier alpha value is -0.192. The molecule has 0 aliphatic carbocycles. The molecule has 2 heterocycles. The summed E-state index contributed by atoms with van der Waals surface area (Å²) < 4.78 is 35.9. The first-order chi connectivity index (χ1) is 20.2. The lowest BCUT2D eigenvalue weighted by Crippen LogP contribution is -2.71. The minimum atomic E-state index is -2.47. The lowest BCUT2D eigenvalue weighted by molar-refractivity contribution is -0.247. The maximum absolute atomic E-state index is 13.4. The number of likely N-dealkylation sites (tertiary alicyclic amines) is 1. The van der Waals surface area contributed by atoms with Gasteiger partial charge >= 0.3 is 0 Å². The van der Waals surface area contributed by atoms with Crippen LogP contribution >= 0.6 is 0 Å².